The standard InChI is InChI=1S/C23H34N8O8/c24-13(10-17(25)32)19(35)29-14(7-4-8-28-23(26)27)20(36)30-15(11-18(33)34)21(37)31-16(22(38)39)9-12-5-2-1-3-6-12/h1-3,5-6,13-16H,4,7-11,24H2,(H2,25,32)(H,29,35)(H,30,36)(H,31,37)(H,33,34)(H,38,39)(H4,26,27,28). The number of nitrogens with zero attached hydrogens (tertiary/aromatic N) is 1. The monoisotopic (exact) mass is 550 g/mol. The van der Waals surface area contributed by atoms with Crippen LogP contribution >= 0.6 is 0 Å². The summed E-state index contributed by atoms with van der Waals surface area (Å²) in [4.78, 5) is 76.3. The average molecular weight is 551 g/mol. The zero-order valence-corrected chi connectivity index (χ0v) is 21.0. The number of carboxylic acid groups (broad SMARTS) is 2. The van der Waals surface area contributed by atoms with Crippen molar-refractivity contribution in [3.05, 3.63) is 35.9 Å². The molecule has 0 aliphatic rings. The van der Waals surface area contributed by atoms with E-state index in [0.717, 1.165) is 0 Å². The van der Waals surface area contributed by atoms with Crippen molar-refractivity contribution in [2.75, 3.05) is 6.54 Å². The summed E-state index contributed by atoms with van der Waals surface area (Å²) in [7, 11) is 0. The van der Waals surface area contributed by atoms with Gasteiger partial charge in [-0.15, -0.1) is 0 Å². The van der Waals surface area contributed by atoms with Crippen molar-refractivity contribution in [3.8, 4) is 0 Å². The van der Waals surface area contributed by atoms with Gasteiger partial charge in [-0.3, -0.25) is 29.0 Å². The lowest BCUT2D eigenvalue weighted by Gasteiger charge is -2.24. The van der Waals surface area contributed by atoms with Crippen LogP contribution in [0.1, 0.15) is 31.2 Å². The van der Waals surface area contributed by atoms with Crippen molar-refractivity contribution < 1.29 is 39.0 Å². The van der Waals surface area contributed by atoms with Gasteiger partial charge in [-0.1, -0.05) is 30.3 Å². The minimum absolute atomic E-state index is 0.0647. The third-order valence-corrected chi connectivity index (χ3v) is 5.25. The van der Waals surface area contributed by atoms with E-state index in [1.54, 1.807) is 30.3 Å². The second-order valence-electron chi connectivity index (χ2n) is 8.54. The number of nitrogens with one attached hydrogen (secondary N) is 3. The fourth-order valence-corrected chi connectivity index (χ4v) is 3.34. The van der Waals surface area contributed by atoms with Gasteiger partial charge in [0.15, 0.2) is 5.96 Å². The summed E-state index contributed by atoms with van der Waals surface area (Å²) in [6, 6.07) is 2.56. The second kappa shape index (κ2) is 16.2. The van der Waals surface area contributed by atoms with Crippen LogP contribution in [0.4, 0.5) is 0 Å². The maximum atomic E-state index is 13.0. The van der Waals surface area contributed by atoms with Gasteiger partial charge in [0.25, 0.3) is 0 Å². The first-order chi connectivity index (χ1) is 18.3. The van der Waals surface area contributed by atoms with Gasteiger partial charge in [0.05, 0.1) is 18.9 Å². The Balaban J connectivity index is 3.06. The molecule has 39 heavy (non-hydrogen) atoms. The molecular weight excluding hydrogens is 516 g/mol. The zero-order valence-electron chi connectivity index (χ0n) is 21.0. The maximum Gasteiger partial charge on any atom is 0.326 e. The minimum Gasteiger partial charge on any atom is -0.481 e. The van der Waals surface area contributed by atoms with Crippen LogP contribution in [0.5, 0.6) is 0 Å². The van der Waals surface area contributed by atoms with Crippen molar-refractivity contribution in [1.29, 1.82) is 0 Å². The largest absolute Gasteiger partial charge is 0.481 e. The van der Waals surface area contributed by atoms with E-state index in [0.29, 0.717) is 5.56 Å². The predicted octanol–water partition coefficient (Wildman–Crippen LogP) is -3.50. The summed E-state index contributed by atoms with van der Waals surface area (Å²) in [5.74, 6) is -6.81. The molecule has 0 fully saturated rings. The van der Waals surface area contributed by atoms with Crippen molar-refractivity contribution >= 4 is 41.5 Å². The fraction of sp³-hybridized carbons (Fsp3) is 0.435. The highest BCUT2D eigenvalue weighted by atomic mass is 16.4. The molecule has 4 amide bonds. The van der Waals surface area contributed by atoms with Gasteiger partial charge in [0, 0.05) is 13.0 Å². The number of carboxylic acids is 2. The number of amides is 4. The van der Waals surface area contributed by atoms with Crippen molar-refractivity contribution in [3.63, 3.8) is 0 Å². The van der Waals surface area contributed by atoms with Crippen LogP contribution in [0.25, 0.3) is 0 Å². The van der Waals surface area contributed by atoms with E-state index < -0.39 is 72.6 Å². The quantitative estimate of drug-likeness (QED) is 0.0520. The first-order valence-corrected chi connectivity index (χ1v) is 11.8. The Morgan fingerprint density at radius 1 is 0.795 bits per heavy atom. The van der Waals surface area contributed by atoms with Crippen LogP contribution in [-0.2, 0) is 35.2 Å². The predicted molar refractivity (Wildman–Crippen MR) is 138 cm³/mol. The van der Waals surface area contributed by atoms with E-state index in [2.05, 4.69) is 20.9 Å². The topological polar surface area (TPSA) is 295 Å². The normalized spacial score (nSPS) is 13.6. The van der Waals surface area contributed by atoms with Crippen molar-refractivity contribution in [2.24, 2.45) is 27.9 Å². The van der Waals surface area contributed by atoms with Gasteiger partial charge in [-0.2, -0.15) is 0 Å². The minimum atomic E-state index is -1.69. The molecule has 1 rings (SSSR count). The fourth-order valence-electron chi connectivity index (χ4n) is 3.34. The Bertz CT molecular complexity index is 1060. The van der Waals surface area contributed by atoms with E-state index >= 15 is 0 Å². The molecule has 1 aromatic rings. The molecule has 13 N–H and O–H groups in total. The number of guanidine groups is 1. The summed E-state index contributed by atoms with van der Waals surface area (Å²) >= 11 is 0. The van der Waals surface area contributed by atoms with E-state index in [1.807, 2.05) is 0 Å². The molecule has 0 bridgehead atoms. The van der Waals surface area contributed by atoms with Crippen LogP contribution in [0.3, 0.4) is 0 Å². The molecule has 214 valence electrons. The van der Waals surface area contributed by atoms with Crippen LogP contribution < -0.4 is 38.9 Å². The van der Waals surface area contributed by atoms with Gasteiger partial charge < -0.3 is 49.1 Å². The molecule has 0 aromatic heterocycles. The van der Waals surface area contributed by atoms with Gasteiger partial charge in [0.2, 0.25) is 23.6 Å². The van der Waals surface area contributed by atoms with E-state index in [-0.39, 0.29) is 31.8 Å². The molecule has 16 nitrogen and oxygen atoms in total. The summed E-state index contributed by atoms with van der Waals surface area (Å²) in [5, 5.41) is 25.6. The molecule has 0 aliphatic carbocycles. The summed E-state index contributed by atoms with van der Waals surface area (Å²) < 4.78 is 0. The van der Waals surface area contributed by atoms with Crippen LogP contribution in [-0.4, -0.2) is 82.5 Å². The molecule has 0 saturated heterocycles. The van der Waals surface area contributed by atoms with Gasteiger partial charge in [-0.05, 0) is 18.4 Å². The molecule has 0 heterocycles. The number of nitrogens with two attached hydrogens (primary N) is 4. The van der Waals surface area contributed by atoms with Crippen LogP contribution in [0.15, 0.2) is 35.3 Å². The summed E-state index contributed by atoms with van der Waals surface area (Å²) in [6.45, 7) is 0.0775. The molecule has 0 spiro atoms. The van der Waals surface area contributed by atoms with Crippen molar-refractivity contribution in [2.45, 2.75) is 56.3 Å². The third kappa shape index (κ3) is 12.9. The Labute approximate surface area is 223 Å². The molecule has 16 heteroatoms. The van der Waals surface area contributed by atoms with E-state index in [1.165, 1.54) is 0 Å². The van der Waals surface area contributed by atoms with Gasteiger partial charge >= 0.3 is 11.9 Å². The van der Waals surface area contributed by atoms with Crippen molar-refractivity contribution in [1.82, 2.24) is 16.0 Å². The third-order valence-electron chi connectivity index (χ3n) is 5.25. The smallest absolute Gasteiger partial charge is 0.326 e. The molecule has 4 unspecified atom stereocenters. The highest BCUT2D eigenvalue weighted by Gasteiger charge is 2.31. The number of hydrogen-bond acceptors (Lipinski definition) is 8. The number of benzene rings is 1. The Morgan fingerprint density at radius 3 is 1.90 bits per heavy atom. The van der Waals surface area contributed by atoms with Gasteiger partial charge in [-0.25, -0.2) is 4.79 Å². The molecule has 0 radical (unpaired) electrons. The van der Waals surface area contributed by atoms with Crippen LogP contribution in [0, 0.1) is 0 Å². The highest BCUT2D eigenvalue weighted by Crippen LogP contribution is 2.06. The van der Waals surface area contributed by atoms with Crippen LogP contribution in [0.2, 0.25) is 0 Å². The maximum absolute atomic E-state index is 13.0. The number of carbonyl (C=O) groups is 6. The molecular formula is C23H34N8O8. The molecule has 0 saturated carbocycles. The number of aliphatic carboxylic acids is 2. The van der Waals surface area contributed by atoms with Gasteiger partial charge in [0.1, 0.15) is 18.1 Å². The Kier molecular flexibility index (Phi) is 13.4. The van der Waals surface area contributed by atoms with E-state index in [4.69, 9.17) is 22.9 Å². The van der Waals surface area contributed by atoms with E-state index in [9.17, 15) is 39.0 Å². The number of rotatable bonds is 17. The Hall–Kier alpha value is -4.73. The first-order valence-electron chi connectivity index (χ1n) is 11.8. The number of primary amides is 1. The first kappa shape index (κ1) is 32.3. The summed E-state index contributed by atoms with van der Waals surface area (Å²) in [5.41, 5.74) is 21.8. The number of aliphatic imine (C=N–C) groups is 1. The lowest BCUT2D eigenvalue weighted by Crippen LogP contribution is -2.57. The number of hydrogen-bond donors (Lipinski definition) is 9. The Morgan fingerprint density at radius 2 is 1.36 bits per heavy atom. The average Bonchev–Trinajstić information content (AvgIpc) is 2.84. The highest BCUT2D eigenvalue weighted by molar-refractivity contribution is 5.96. The SMILES string of the molecule is NC(=O)CC(N)C(=O)NC(CCCN=C(N)N)C(=O)NC(CC(=O)O)C(=O)NC(Cc1ccccc1)C(=O)O. The molecule has 0 aliphatic heterocycles. The lowest BCUT2D eigenvalue weighted by molar-refractivity contribution is -0.143. The number of carbonyl (C=O) groups excluding carboxylic acids is 4. The lowest BCUT2D eigenvalue weighted by atomic mass is 10.0. The molecule has 1 aromatic carbocycles. The molecule has 4 atom stereocenters. The summed E-state index contributed by atoms with van der Waals surface area (Å²) in [6.07, 6.45) is -1.38. The second-order valence-corrected chi connectivity index (χ2v) is 8.54. The zero-order chi connectivity index (χ0) is 29.5.